The Labute approximate surface area is 70.0 Å². The van der Waals surface area contributed by atoms with Gasteiger partial charge in [-0.1, -0.05) is 23.7 Å². The SMILES string of the molecule is NC(=O)Cc1cc[c]c(Cl)c1. The van der Waals surface area contributed by atoms with Crippen molar-refractivity contribution in [3.05, 3.63) is 34.9 Å². The van der Waals surface area contributed by atoms with Crippen LogP contribution in [0.4, 0.5) is 0 Å². The summed E-state index contributed by atoms with van der Waals surface area (Å²) in [5.41, 5.74) is 5.80. The third-order valence-electron chi connectivity index (χ3n) is 1.21. The van der Waals surface area contributed by atoms with E-state index in [1.54, 1.807) is 18.2 Å². The van der Waals surface area contributed by atoms with E-state index in [0.717, 1.165) is 5.56 Å². The monoisotopic (exact) mass is 168 g/mol. The molecule has 1 aromatic carbocycles. The molecule has 0 heterocycles. The first kappa shape index (κ1) is 8.08. The van der Waals surface area contributed by atoms with Crippen LogP contribution in [0.25, 0.3) is 0 Å². The molecule has 0 bridgehead atoms. The second-order valence-electron chi connectivity index (χ2n) is 2.19. The molecular formula is C8H7ClNO. The van der Waals surface area contributed by atoms with Gasteiger partial charge < -0.3 is 5.73 Å². The summed E-state index contributed by atoms with van der Waals surface area (Å²) in [4.78, 5) is 10.4. The van der Waals surface area contributed by atoms with Crippen LogP contribution in [0, 0.1) is 6.07 Å². The number of carbonyl (C=O) groups is 1. The number of rotatable bonds is 2. The molecule has 0 atom stereocenters. The van der Waals surface area contributed by atoms with Gasteiger partial charge in [0, 0.05) is 11.1 Å². The molecular weight excluding hydrogens is 162 g/mol. The van der Waals surface area contributed by atoms with E-state index < -0.39 is 0 Å². The van der Waals surface area contributed by atoms with E-state index >= 15 is 0 Å². The van der Waals surface area contributed by atoms with Crippen molar-refractivity contribution < 1.29 is 4.79 Å². The summed E-state index contributed by atoms with van der Waals surface area (Å²) in [6.45, 7) is 0. The Morgan fingerprint density at radius 1 is 1.73 bits per heavy atom. The van der Waals surface area contributed by atoms with E-state index in [4.69, 9.17) is 17.3 Å². The molecule has 3 heteroatoms. The molecule has 0 aliphatic carbocycles. The second-order valence-corrected chi connectivity index (χ2v) is 2.60. The zero-order valence-corrected chi connectivity index (χ0v) is 6.56. The molecule has 0 spiro atoms. The minimum atomic E-state index is -0.354. The van der Waals surface area contributed by atoms with Crippen molar-refractivity contribution >= 4 is 17.5 Å². The molecule has 1 rings (SSSR count). The summed E-state index contributed by atoms with van der Waals surface area (Å²) in [5.74, 6) is -0.354. The van der Waals surface area contributed by atoms with Crippen LogP contribution in [0.15, 0.2) is 18.2 Å². The van der Waals surface area contributed by atoms with E-state index in [-0.39, 0.29) is 12.3 Å². The van der Waals surface area contributed by atoms with E-state index in [9.17, 15) is 4.79 Å². The molecule has 57 valence electrons. The maximum absolute atomic E-state index is 10.4. The Balaban J connectivity index is 2.79. The number of primary amides is 1. The highest BCUT2D eigenvalue weighted by Crippen LogP contribution is 2.09. The minimum absolute atomic E-state index is 0.231. The van der Waals surface area contributed by atoms with Gasteiger partial charge in [0.25, 0.3) is 0 Å². The van der Waals surface area contributed by atoms with Gasteiger partial charge in [-0.2, -0.15) is 0 Å². The maximum atomic E-state index is 10.4. The van der Waals surface area contributed by atoms with Gasteiger partial charge >= 0.3 is 0 Å². The summed E-state index contributed by atoms with van der Waals surface area (Å²) < 4.78 is 0. The lowest BCUT2D eigenvalue weighted by Crippen LogP contribution is -2.13. The van der Waals surface area contributed by atoms with Gasteiger partial charge in [0.05, 0.1) is 6.42 Å². The third-order valence-corrected chi connectivity index (χ3v) is 1.43. The first-order chi connectivity index (χ1) is 5.18. The fraction of sp³-hybridized carbons (Fsp3) is 0.125. The van der Waals surface area contributed by atoms with Gasteiger partial charge in [-0.15, -0.1) is 0 Å². The second kappa shape index (κ2) is 3.39. The number of halogens is 1. The average molecular weight is 169 g/mol. The molecule has 1 aromatic rings. The van der Waals surface area contributed by atoms with Crippen molar-refractivity contribution in [1.29, 1.82) is 0 Å². The fourth-order valence-electron chi connectivity index (χ4n) is 0.792. The molecule has 0 aliphatic heterocycles. The first-order valence-corrected chi connectivity index (χ1v) is 3.50. The third kappa shape index (κ3) is 2.60. The predicted octanol–water partition coefficient (Wildman–Crippen LogP) is 1.17. The van der Waals surface area contributed by atoms with Crippen molar-refractivity contribution in [2.45, 2.75) is 6.42 Å². The number of hydrogen-bond acceptors (Lipinski definition) is 1. The van der Waals surface area contributed by atoms with Crippen molar-refractivity contribution in [2.24, 2.45) is 5.73 Å². The smallest absolute Gasteiger partial charge is 0.221 e. The van der Waals surface area contributed by atoms with Crippen LogP contribution in [0.5, 0.6) is 0 Å². The Morgan fingerprint density at radius 3 is 3.00 bits per heavy atom. The van der Waals surface area contributed by atoms with Gasteiger partial charge in [-0.25, -0.2) is 0 Å². The predicted molar refractivity (Wildman–Crippen MR) is 43.2 cm³/mol. The van der Waals surface area contributed by atoms with Gasteiger partial charge in [0.1, 0.15) is 0 Å². The Kier molecular flexibility index (Phi) is 2.49. The van der Waals surface area contributed by atoms with E-state index in [2.05, 4.69) is 6.07 Å². The van der Waals surface area contributed by atoms with Crippen molar-refractivity contribution in [1.82, 2.24) is 0 Å². The van der Waals surface area contributed by atoms with Gasteiger partial charge in [0.15, 0.2) is 0 Å². The molecule has 0 saturated heterocycles. The lowest BCUT2D eigenvalue weighted by Gasteiger charge is -1.95. The lowest BCUT2D eigenvalue weighted by atomic mass is 10.1. The van der Waals surface area contributed by atoms with Crippen LogP contribution in [0.2, 0.25) is 5.02 Å². The number of carbonyl (C=O) groups excluding carboxylic acids is 1. The largest absolute Gasteiger partial charge is 0.369 e. The summed E-state index contributed by atoms with van der Waals surface area (Å²) in [5, 5.41) is 0.503. The molecule has 11 heavy (non-hydrogen) atoms. The van der Waals surface area contributed by atoms with Crippen LogP contribution in [-0.4, -0.2) is 5.91 Å². The fourth-order valence-corrected chi connectivity index (χ4v) is 0.995. The number of nitrogens with two attached hydrogens (primary N) is 1. The summed E-state index contributed by atoms with van der Waals surface area (Å²) >= 11 is 5.62. The summed E-state index contributed by atoms with van der Waals surface area (Å²) in [6, 6.07) is 7.86. The van der Waals surface area contributed by atoms with E-state index in [1.165, 1.54) is 0 Å². The van der Waals surface area contributed by atoms with Crippen LogP contribution in [0.1, 0.15) is 5.56 Å². The highest BCUT2D eigenvalue weighted by atomic mass is 35.5. The number of benzene rings is 1. The molecule has 0 aromatic heterocycles. The topological polar surface area (TPSA) is 43.1 Å². The summed E-state index contributed by atoms with van der Waals surface area (Å²) in [6.07, 6.45) is 0.231. The van der Waals surface area contributed by atoms with Crippen molar-refractivity contribution in [3.63, 3.8) is 0 Å². The highest BCUT2D eigenvalue weighted by molar-refractivity contribution is 6.30. The van der Waals surface area contributed by atoms with E-state index in [1.807, 2.05) is 0 Å². The van der Waals surface area contributed by atoms with Crippen molar-refractivity contribution in [2.75, 3.05) is 0 Å². The zero-order chi connectivity index (χ0) is 8.27. The van der Waals surface area contributed by atoms with Crippen LogP contribution in [0.3, 0.4) is 0 Å². The van der Waals surface area contributed by atoms with Crippen molar-refractivity contribution in [3.8, 4) is 0 Å². The van der Waals surface area contributed by atoms with Crippen LogP contribution >= 0.6 is 11.6 Å². The molecule has 2 nitrogen and oxygen atoms in total. The number of amides is 1. The lowest BCUT2D eigenvalue weighted by molar-refractivity contribution is -0.117. The Hall–Kier alpha value is -1.02. The van der Waals surface area contributed by atoms with Crippen LogP contribution in [-0.2, 0) is 11.2 Å². The molecule has 2 N–H and O–H groups in total. The Bertz CT molecular complexity index is 273. The van der Waals surface area contributed by atoms with Gasteiger partial charge in [-0.3, -0.25) is 4.79 Å². The molecule has 0 aliphatic rings. The Morgan fingerprint density at radius 2 is 2.45 bits per heavy atom. The minimum Gasteiger partial charge on any atom is -0.369 e. The zero-order valence-electron chi connectivity index (χ0n) is 5.80. The molecule has 0 unspecified atom stereocenters. The molecule has 0 saturated carbocycles. The quantitative estimate of drug-likeness (QED) is 0.708. The van der Waals surface area contributed by atoms with Gasteiger partial charge in [0.2, 0.25) is 5.91 Å². The highest BCUT2D eigenvalue weighted by Gasteiger charge is 1.97. The summed E-state index contributed by atoms with van der Waals surface area (Å²) in [7, 11) is 0. The van der Waals surface area contributed by atoms with Gasteiger partial charge in [-0.05, 0) is 11.6 Å². The van der Waals surface area contributed by atoms with E-state index in [0.29, 0.717) is 5.02 Å². The normalized spacial score (nSPS) is 9.55. The van der Waals surface area contributed by atoms with Crippen LogP contribution < -0.4 is 5.73 Å². The number of hydrogen-bond donors (Lipinski definition) is 1. The maximum Gasteiger partial charge on any atom is 0.221 e. The molecule has 1 amide bonds. The average Bonchev–Trinajstić information content (AvgIpc) is 1.85. The first-order valence-electron chi connectivity index (χ1n) is 3.13. The molecule has 1 radical (unpaired) electrons. The molecule has 0 fully saturated rings. The standard InChI is InChI=1S/C8H7ClNO/c9-7-3-1-2-6(4-7)5-8(10)11/h1-2,4H,5H2,(H2,10,11).